The quantitative estimate of drug-likeness (QED) is 0.177. The Hall–Kier alpha value is -0.300. The summed E-state index contributed by atoms with van der Waals surface area (Å²) < 4.78 is 0. The van der Waals surface area contributed by atoms with Crippen LogP contribution in [0.1, 0.15) is 145 Å². The van der Waals surface area contributed by atoms with Gasteiger partial charge in [0.2, 0.25) is 0 Å². The molecule has 31 heavy (non-hydrogen) atoms. The summed E-state index contributed by atoms with van der Waals surface area (Å²) in [5, 5.41) is 8.93. The van der Waals surface area contributed by atoms with Crippen molar-refractivity contribution in [2.75, 3.05) is 6.61 Å². The average Bonchev–Trinajstić information content (AvgIpc) is 2.68. The molecule has 0 aliphatic rings. The lowest BCUT2D eigenvalue weighted by atomic mass is 9.89. The van der Waals surface area contributed by atoms with Gasteiger partial charge in [0.1, 0.15) is 0 Å². The van der Waals surface area contributed by atoms with E-state index in [-0.39, 0.29) is 6.61 Å². The molecular formula is C30H60O. The first kappa shape index (κ1) is 30.7. The van der Waals surface area contributed by atoms with Crippen LogP contribution in [-0.2, 0) is 0 Å². The molecular weight excluding hydrogens is 376 g/mol. The summed E-state index contributed by atoms with van der Waals surface area (Å²) in [6.07, 6.45) is 22.8. The Morgan fingerprint density at radius 2 is 0.871 bits per heavy atom. The Labute approximate surface area is 197 Å². The van der Waals surface area contributed by atoms with Crippen molar-refractivity contribution < 1.29 is 5.11 Å². The summed E-state index contributed by atoms with van der Waals surface area (Å²) in [7, 11) is 0. The van der Waals surface area contributed by atoms with Gasteiger partial charge >= 0.3 is 0 Å². The van der Waals surface area contributed by atoms with Crippen molar-refractivity contribution in [2.45, 2.75) is 145 Å². The molecule has 1 nitrogen and oxygen atoms in total. The molecule has 4 atom stereocenters. The maximum atomic E-state index is 8.93. The van der Waals surface area contributed by atoms with Crippen molar-refractivity contribution in [1.82, 2.24) is 0 Å². The molecule has 0 radical (unpaired) electrons. The summed E-state index contributed by atoms with van der Waals surface area (Å²) in [5.74, 6) is 4.46. The smallest absolute Gasteiger partial charge is 0.0614 e. The molecule has 0 aromatic rings. The number of hydrogen-bond donors (Lipinski definition) is 1. The van der Waals surface area contributed by atoms with Crippen molar-refractivity contribution in [1.29, 1.82) is 0 Å². The average molecular weight is 437 g/mol. The molecule has 0 aromatic carbocycles. The van der Waals surface area contributed by atoms with Crippen molar-refractivity contribution >= 4 is 0 Å². The van der Waals surface area contributed by atoms with Crippen LogP contribution in [0.25, 0.3) is 0 Å². The summed E-state index contributed by atoms with van der Waals surface area (Å²) in [4.78, 5) is 0. The molecule has 0 saturated heterocycles. The summed E-state index contributed by atoms with van der Waals surface area (Å²) in [5.41, 5.74) is 1.34. The van der Waals surface area contributed by atoms with E-state index in [9.17, 15) is 0 Å². The fourth-order valence-electron chi connectivity index (χ4n) is 4.88. The highest BCUT2D eigenvalue weighted by atomic mass is 16.2. The molecule has 1 heteroatoms. The normalized spacial score (nSPS) is 16.5. The number of rotatable bonds is 21. The third-order valence-corrected chi connectivity index (χ3v) is 7.37. The lowest BCUT2D eigenvalue weighted by molar-refractivity contribution is 0.341. The van der Waals surface area contributed by atoms with Crippen LogP contribution in [0, 0.1) is 29.6 Å². The van der Waals surface area contributed by atoms with Crippen molar-refractivity contribution in [3.05, 3.63) is 11.6 Å². The first-order valence-corrected chi connectivity index (χ1v) is 14.0. The van der Waals surface area contributed by atoms with Crippen molar-refractivity contribution in [3.8, 4) is 0 Å². The van der Waals surface area contributed by atoms with Gasteiger partial charge in [-0.2, -0.15) is 0 Å². The van der Waals surface area contributed by atoms with Gasteiger partial charge in [-0.05, 0) is 49.4 Å². The van der Waals surface area contributed by atoms with Gasteiger partial charge in [-0.1, -0.05) is 137 Å². The van der Waals surface area contributed by atoms with Crippen LogP contribution in [-0.4, -0.2) is 11.7 Å². The van der Waals surface area contributed by atoms with Gasteiger partial charge in [-0.3, -0.25) is 0 Å². The number of aliphatic hydroxyl groups is 1. The van der Waals surface area contributed by atoms with Gasteiger partial charge in [-0.25, -0.2) is 0 Å². The molecule has 0 fully saturated rings. The number of hydrogen-bond acceptors (Lipinski definition) is 1. The second kappa shape index (κ2) is 20.3. The SMILES string of the molecule is CC(=CCO)CCCC(C)CCCC(C)CCCC(C)CCCC(C)CCCC(C)C. The van der Waals surface area contributed by atoms with E-state index in [1.54, 1.807) is 0 Å². The lowest BCUT2D eigenvalue weighted by Crippen LogP contribution is -2.02. The van der Waals surface area contributed by atoms with Crippen LogP contribution in [0.3, 0.4) is 0 Å². The Morgan fingerprint density at radius 3 is 1.19 bits per heavy atom. The second-order valence-corrected chi connectivity index (χ2v) is 11.7. The molecule has 0 rings (SSSR count). The highest BCUT2D eigenvalue weighted by molar-refractivity contribution is 4.97. The minimum atomic E-state index is 0.190. The minimum absolute atomic E-state index is 0.190. The zero-order chi connectivity index (χ0) is 23.5. The summed E-state index contributed by atoms with van der Waals surface area (Å²) >= 11 is 0. The minimum Gasteiger partial charge on any atom is -0.392 e. The maximum absolute atomic E-state index is 8.93. The third-order valence-electron chi connectivity index (χ3n) is 7.37. The first-order chi connectivity index (χ1) is 14.7. The predicted molar refractivity (Wildman–Crippen MR) is 142 cm³/mol. The van der Waals surface area contributed by atoms with E-state index in [1.165, 1.54) is 95.5 Å². The molecule has 0 aromatic heterocycles. The molecule has 0 aliphatic heterocycles. The largest absolute Gasteiger partial charge is 0.392 e. The van der Waals surface area contributed by atoms with E-state index in [2.05, 4.69) is 48.5 Å². The van der Waals surface area contributed by atoms with Gasteiger partial charge in [0.05, 0.1) is 6.61 Å². The first-order valence-electron chi connectivity index (χ1n) is 14.0. The predicted octanol–water partition coefficient (Wildman–Crippen LogP) is 9.98. The fourth-order valence-corrected chi connectivity index (χ4v) is 4.88. The fraction of sp³-hybridized carbons (Fsp3) is 0.933. The molecule has 0 spiro atoms. The highest BCUT2D eigenvalue weighted by Crippen LogP contribution is 2.24. The van der Waals surface area contributed by atoms with Crippen LogP contribution in [0.4, 0.5) is 0 Å². The Kier molecular flexibility index (Phi) is 20.1. The van der Waals surface area contributed by atoms with Gasteiger partial charge in [0, 0.05) is 0 Å². The monoisotopic (exact) mass is 436 g/mol. The molecule has 0 amide bonds. The molecule has 0 heterocycles. The topological polar surface area (TPSA) is 20.2 Å². The lowest BCUT2D eigenvalue weighted by Gasteiger charge is -2.17. The maximum Gasteiger partial charge on any atom is 0.0614 e. The summed E-state index contributed by atoms with van der Waals surface area (Å²) in [6, 6.07) is 0. The molecule has 4 unspecified atom stereocenters. The van der Waals surface area contributed by atoms with Gasteiger partial charge in [0.25, 0.3) is 0 Å². The zero-order valence-electron chi connectivity index (χ0n) is 22.7. The van der Waals surface area contributed by atoms with E-state index in [0.717, 1.165) is 36.0 Å². The highest BCUT2D eigenvalue weighted by Gasteiger charge is 2.09. The van der Waals surface area contributed by atoms with Gasteiger partial charge < -0.3 is 5.11 Å². The van der Waals surface area contributed by atoms with Crippen LogP contribution in [0.15, 0.2) is 11.6 Å². The number of allylic oxidation sites excluding steroid dienone is 1. The molecule has 1 N–H and O–H groups in total. The second-order valence-electron chi connectivity index (χ2n) is 11.7. The van der Waals surface area contributed by atoms with Crippen LogP contribution >= 0.6 is 0 Å². The van der Waals surface area contributed by atoms with Gasteiger partial charge in [0.15, 0.2) is 0 Å². The van der Waals surface area contributed by atoms with E-state index >= 15 is 0 Å². The Bertz CT molecular complexity index is 411. The van der Waals surface area contributed by atoms with Crippen LogP contribution in [0.2, 0.25) is 0 Å². The standard InChI is InChI=1S/C30H60O/c1-25(2)13-8-14-26(3)15-9-16-27(4)17-10-18-28(5)19-11-20-29(6)21-12-22-30(7)23-24-31/h23,25-29,31H,8-22,24H2,1-7H3. The van der Waals surface area contributed by atoms with E-state index in [0.29, 0.717) is 0 Å². The van der Waals surface area contributed by atoms with Crippen molar-refractivity contribution in [2.24, 2.45) is 29.6 Å². The van der Waals surface area contributed by atoms with E-state index in [4.69, 9.17) is 5.11 Å². The van der Waals surface area contributed by atoms with E-state index < -0.39 is 0 Å². The number of aliphatic hydroxyl groups excluding tert-OH is 1. The van der Waals surface area contributed by atoms with Crippen molar-refractivity contribution in [3.63, 3.8) is 0 Å². The third kappa shape index (κ3) is 21.3. The van der Waals surface area contributed by atoms with Crippen LogP contribution in [0.5, 0.6) is 0 Å². The van der Waals surface area contributed by atoms with Crippen LogP contribution < -0.4 is 0 Å². The van der Waals surface area contributed by atoms with Gasteiger partial charge in [-0.15, -0.1) is 0 Å². The molecule has 0 saturated carbocycles. The molecule has 0 aliphatic carbocycles. The summed E-state index contributed by atoms with van der Waals surface area (Å²) in [6.45, 7) is 16.8. The Morgan fingerprint density at radius 1 is 0.548 bits per heavy atom. The zero-order valence-corrected chi connectivity index (χ0v) is 22.7. The molecule has 186 valence electrons. The van der Waals surface area contributed by atoms with E-state index in [1.807, 2.05) is 6.08 Å². The Balaban J connectivity index is 3.62. The molecule has 0 bridgehead atoms.